The second-order valence-corrected chi connectivity index (χ2v) is 6.37. The molecule has 2 aromatic rings. The van der Waals surface area contributed by atoms with E-state index in [1.807, 2.05) is 22.7 Å². The number of nitrogens with one attached hydrogen (secondary N) is 1. The van der Waals surface area contributed by atoms with Crippen LogP contribution in [0.2, 0.25) is 0 Å². The number of aryl methyl sites for hydroxylation is 1. The standard InChI is InChI=1S/C13H17NS2/c1-9-6-7-13(16-9)11(3)14-10(2)12-5-4-8-15-12/h4-8,10-11,14H,1-3H3/t10-,11?/m1/s1. The van der Waals surface area contributed by atoms with Gasteiger partial charge in [0.05, 0.1) is 0 Å². The summed E-state index contributed by atoms with van der Waals surface area (Å²) in [6, 6.07) is 9.56. The summed E-state index contributed by atoms with van der Waals surface area (Å²) in [5, 5.41) is 5.77. The van der Waals surface area contributed by atoms with E-state index in [2.05, 4.69) is 55.7 Å². The average molecular weight is 251 g/mol. The maximum Gasteiger partial charge on any atom is 0.0391 e. The third kappa shape index (κ3) is 2.73. The van der Waals surface area contributed by atoms with Gasteiger partial charge in [-0.2, -0.15) is 0 Å². The van der Waals surface area contributed by atoms with E-state index in [0.29, 0.717) is 12.1 Å². The fraction of sp³-hybridized carbons (Fsp3) is 0.385. The third-order valence-electron chi connectivity index (χ3n) is 2.66. The molecule has 1 unspecified atom stereocenters. The first kappa shape index (κ1) is 11.8. The number of rotatable bonds is 4. The van der Waals surface area contributed by atoms with Crippen molar-refractivity contribution >= 4 is 22.7 Å². The summed E-state index contributed by atoms with van der Waals surface area (Å²) in [5.74, 6) is 0. The van der Waals surface area contributed by atoms with Gasteiger partial charge in [0.1, 0.15) is 0 Å². The normalized spacial score (nSPS) is 14.9. The third-order valence-corrected chi connectivity index (χ3v) is 4.90. The number of thiophene rings is 2. The van der Waals surface area contributed by atoms with E-state index in [1.165, 1.54) is 14.6 Å². The zero-order chi connectivity index (χ0) is 11.5. The summed E-state index contributed by atoms with van der Waals surface area (Å²) < 4.78 is 0. The molecular formula is C13H17NS2. The van der Waals surface area contributed by atoms with Gasteiger partial charge in [-0.1, -0.05) is 6.07 Å². The molecular weight excluding hydrogens is 234 g/mol. The van der Waals surface area contributed by atoms with Crippen LogP contribution in [0.15, 0.2) is 29.6 Å². The Labute approximate surface area is 105 Å². The molecule has 0 aromatic carbocycles. The largest absolute Gasteiger partial charge is 0.302 e. The number of hydrogen-bond donors (Lipinski definition) is 1. The molecule has 0 fully saturated rings. The molecule has 2 aromatic heterocycles. The maximum atomic E-state index is 3.63. The van der Waals surface area contributed by atoms with Gasteiger partial charge in [-0.3, -0.25) is 0 Å². The Morgan fingerprint density at radius 3 is 2.38 bits per heavy atom. The first-order valence-corrected chi connectivity index (χ1v) is 7.22. The lowest BCUT2D eigenvalue weighted by atomic mass is 10.2. The SMILES string of the molecule is Cc1ccc(C(C)N[C@H](C)c2cccs2)s1. The quantitative estimate of drug-likeness (QED) is 0.842. The molecule has 0 bridgehead atoms. The van der Waals surface area contributed by atoms with Crippen molar-refractivity contribution in [1.29, 1.82) is 0 Å². The maximum absolute atomic E-state index is 3.63. The van der Waals surface area contributed by atoms with Gasteiger partial charge in [0.2, 0.25) is 0 Å². The molecule has 0 aliphatic carbocycles. The van der Waals surface area contributed by atoms with Gasteiger partial charge >= 0.3 is 0 Å². The molecule has 2 heterocycles. The summed E-state index contributed by atoms with van der Waals surface area (Å²) in [6.07, 6.45) is 0. The predicted molar refractivity (Wildman–Crippen MR) is 73.3 cm³/mol. The molecule has 0 aliphatic heterocycles. The summed E-state index contributed by atoms with van der Waals surface area (Å²) in [6.45, 7) is 6.61. The minimum atomic E-state index is 0.427. The summed E-state index contributed by atoms with van der Waals surface area (Å²) in [4.78, 5) is 4.20. The highest BCUT2D eigenvalue weighted by molar-refractivity contribution is 7.12. The minimum absolute atomic E-state index is 0.427. The molecule has 1 N–H and O–H groups in total. The highest BCUT2D eigenvalue weighted by Crippen LogP contribution is 2.26. The van der Waals surface area contributed by atoms with Crippen LogP contribution in [0.5, 0.6) is 0 Å². The van der Waals surface area contributed by atoms with Crippen LogP contribution in [-0.4, -0.2) is 0 Å². The lowest BCUT2D eigenvalue weighted by Gasteiger charge is -2.17. The monoisotopic (exact) mass is 251 g/mol. The Morgan fingerprint density at radius 1 is 1.06 bits per heavy atom. The van der Waals surface area contributed by atoms with Gasteiger partial charge in [0, 0.05) is 26.7 Å². The first-order valence-electron chi connectivity index (χ1n) is 5.52. The molecule has 86 valence electrons. The Morgan fingerprint density at radius 2 is 1.81 bits per heavy atom. The van der Waals surface area contributed by atoms with E-state index in [9.17, 15) is 0 Å². The topological polar surface area (TPSA) is 12.0 Å². The van der Waals surface area contributed by atoms with Crippen molar-refractivity contribution in [1.82, 2.24) is 5.32 Å². The lowest BCUT2D eigenvalue weighted by molar-refractivity contribution is 0.506. The molecule has 0 saturated carbocycles. The molecule has 0 spiro atoms. The first-order chi connectivity index (χ1) is 7.66. The van der Waals surface area contributed by atoms with Crippen molar-refractivity contribution in [2.45, 2.75) is 32.9 Å². The van der Waals surface area contributed by atoms with Crippen LogP contribution in [0.1, 0.15) is 40.6 Å². The van der Waals surface area contributed by atoms with Crippen LogP contribution in [0.25, 0.3) is 0 Å². The van der Waals surface area contributed by atoms with Crippen LogP contribution in [-0.2, 0) is 0 Å². The average Bonchev–Trinajstić information content (AvgIpc) is 2.87. The second-order valence-electron chi connectivity index (χ2n) is 4.07. The van der Waals surface area contributed by atoms with Gasteiger partial charge in [-0.15, -0.1) is 22.7 Å². The van der Waals surface area contributed by atoms with Crippen molar-refractivity contribution in [2.75, 3.05) is 0 Å². The predicted octanol–water partition coefficient (Wildman–Crippen LogP) is 4.53. The van der Waals surface area contributed by atoms with E-state index >= 15 is 0 Å². The van der Waals surface area contributed by atoms with Gasteiger partial charge in [-0.25, -0.2) is 0 Å². The molecule has 0 aliphatic rings. The van der Waals surface area contributed by atoms with Crippen LogP contribution in [0.4, 0.5) is 0 Å². The van der Waals surface area contributed by atoms with Gasteiger partial charge < -0.3 is 5.32 Å². The van der Waals surface area contributed by atoms with E-state index in [1.54, 1.807) is 0 Å². The molecule has 0 amide bonds. The van der Waals surface area contributed by atoms with Crippen molar-refractivity contribution in [3.63, 3.8) is 0 Å². The van der Waals surface area contributed by atoms with Gasteiger partial charge in [0.15, 0.2) is 0 Å². The van der Waals surface area contributed by atoms with Crippen molar-refractivity contribution in [2.24, 2.45) is 0 Å². The zero-order valence-corrected chi connectivity index (χ0v) is 11.5. The Bertz CT molecular complexity index is 430. The fourth-order valence-corrected chi connectivity index (χ4v) is 3.40. The molecule has 0 saturated heterocycles. The Hall–Kier alpha value is -0.640. The zero-order valence-electron chi connectivity index (χ0n) is 9.86. The van der Waals surface area contributed by atoms with Crippen LogP contribution in [0.3, 0.4) is 0 Å². The Balaban J connectivity index is 2.00. The molecule has 1 nitrogen and oxygen atoms in total. The van der Waals surface area contributed by atoms with Crippen molar-refractivity contribution in [3.8, 4) is 0 Å². The minimum Gasteiger partial charge on any atom is -0.302 e. The van der Waals surface area contributed by atoms with Gasteiger partial charge in [0.25, 0.3) is 0 Å². The summed E-state index contributed by atoms with van der Waals surface area (Å²) in [5.41, 5.74) is 0. The molecule has 16 heavy (non-hydrogen) atoms. The van der Waals surface area contributed by atoms with E-state index < -0.39 is 0 Å². The number of hydrogen-bond acceptors (Lipinski definition) is 3. The smallest absolute Gasteiger partial charge is 0.0391 e. The molecule has 0 radical (unpaired) electrons. The molecule has 3 heteroatoms. The van der Waals surface area contributed by atoms with Crippen LogP contribution in [0, 0.1) is 6.92 Å². The van der Waals surface area contributed by atoms with E-state index in [-0.39, 0.29) is 0 Å². The van der Waals surface area contributed by atoms with E-state index in [4.69, 9.17) is 0 Å². The van der Waals surface area contributed by atoms with Crippen LogP contribution < -0.4 is 5.32 Å². The van der Waals surface area contributed by atoms with Crippen LogP contribution >= 0.6 is 22.7 Å². The molecule has 2 rings (SSSR count). The lowest BCUT2D eigenvalue weighted by Crippen LogP contribution is -2.20. The van der Waals surface area contributed by atoms with Gasteiger partial charge in [-0.05, 0) is 44.4 Å². The molecule has 2 atom stereocenters. The summed E-state index contributed by atoms with van der Waals surface area (Å²) >= 11 is 3.69. The van der Waals surface area contributed by atoms with E-state index in [0.717, 1.165) is 0 Å². The Kier molecular flexibility index (Phi) is 3.79. The fourth-order valence-electron chi connectivity index (χ4n) is 1.76. The second kappa shape index (κ2) is 5.13. The summed E-state index contributed by atoms with van der Waals surface area (Å²) in [7, 11) is 0. The van der Waals surface area contributed by atoms with Crippen molar-refractivity contribution < 1.29 is 0 Å². The van der Waals surface area contributed by atoms with Crippen molar-refractivity contribution in [3.05, 3.63) is 44.3 Å². The highest BCUT2D eigenvalue weighted by Gasteiger charge is 2.12. The highest BCUT2D eigenvalue weighted by atomic mass is 32.1.